The standard InChI is InChI=1S/C20H19N3O2S/c1-25-17-8-2-14(3-9-17)12-19(24)22-16-6-4-15(5-7-16)18-13-26-20-21-10-11-23(18)20/h2-9,13H,10-12H2,1H3,(H,22,24). The molecule has 26 heavy (non-hydrogen) atoms. The van der Waals surface area contributed by atoms with Crippen molar-refractivity contribution in [2.24, 2.45) is 4.99 Å². The van der Waals surface area contributed by atoms with Crippen LogP contribution in [0, 0.1) is 0 Å². The predicted molar refractivity (Wildman–Crippen MR) is 106 cm³/mol. The van der Waals surface area contributed by atoms with Crippen LogP contribution in [0.4, 0.5) is 5.69 Å². The number of nitrogens with one attached hydrogen (secondary N) is 1. The van der Waals surface area contributed by atoms with E-state index < -0.39 is 0 Å². The normalized spacial score (nSPS) is 15.3. The first-order chi connectivity index (χ1) is 12.7. The van der Waals surface area contributed by atoms with Crippen molar-refractivity contribution in [1.82, 2.24) is 4.90 Å². The first kappa shape index (κ1) is 16.7. The third kappa shape index (κ3) is 3.46. The summed E-state index contributed by atoms with van der Waals surface area (Å²) in [6.45, 7) is 1.80. The molecule has 2 aromatic carbocycles. The Balaban J connectivity index is 1.38. The molecule has 6 heteroatoms. The minimum Gasteiger partial charge on any atom is -0.497 e. The fraction of sp³-hybridized carbons (Fsp3) is 0.200. The molecule has 0 unspecified atom stereocenters. The molecule has 1 N–H and O–H groups in total. The first-order valence-electron chi connectivity index (χ1n) is 8.45. The Labute approximate surface area is 156 Å². The van der Waals surface area contributed by atoms with Gasteiger partial charge in [0, 0.05) is 17.6 Å². The molecule has 2 heterocycles. The maximum absolute atomic E-state index is 12.2. The van der Waals surface area contributed by atoms with Crippen LogP contribution in [0.15, 0.2) is 58.9 Å². The van der Waals surface area contributed by atoms with Crippen molar-refractivity contribution in [2.45, 2.75) is 6.42 Å². The Morgan fingerprint density at radius 3 is 2.69 bits per heavy atom. The van der Waals surface area contributed by atoms with Crippen molar-refractivity contribution in [3.8, 4) is 5.75 Å². The number of fused-ring (bicyclic) bond motifs is 1. The van der Waals surface area contributed by atoms with E-state index in [1.165, 1.54) is 5.70 Å². The average Bonchev–Trinajstić information content (AvgIpc) is 3.27. The lowest BCUT2D eigenvalue weighted by Crippen LogP contribution is -2.19. The van der Waals surface area contributed by atoms with Gasteiger partial charge in [-0.15, -0.1) is 0 Å². The number of aliphatic imine (C=N–C) groups is 1. The Hall–Kier alpha value is -2.73. The fourth-order valence-corrected chi connectivity index (χ4v) is 3.97. The van der Waals surface area contributed by atoms with E-state index in [4.69, 9.17) is 4.74 Å². The van der Waals surface area contributed by atoms with Crippen molar-refractivity contribution in [1.29, 1.82) is 0 Å². The van der Waals surface area contributed by atoms with Crippen LogP contribution in [-0.4, -0.2) is 36.2 Å². The maximum Gasteiger partial charge on any atom is 0.228 e. The Morgan fingerprint density at radius 1 is 1.19 bits per heavy atom. The number of carbonyl (C=O) groups excluding carboxylic acids is 1. The molecule has 2 aliphatic rings. The number of thioether (sulfide) groups is 1. The van der Waals surface area contributed by atoms with E-state index in [9.17, 15) is 4.79 Å². The van der Waals surface area contributed by atoms with E-state index in [2.05, 4.69) is 20.6 Å². The number of amidine groups is 1. The van der Waals surface area contributed by atoms with E-state index in [-0.39, 0.29) is 5.91 Å². The largest absolute Gasteiger partial charge is 0.497 e. The van der Waals surface area contributed by atoms with E-state index in [1.807, 2.05) is 48.5 Å². The van der Waals surface area contributed by atoms with Crippen LogP contribution in [0.3, 0.4) is 0 Å². The molecule has 5 nitrogen and oxygen atoms in total. The molecule has 0 saturated heterocycles. The molecule has 0 aliphatic carbocycles. The molecule has 2 aliphatic heterocycles. The number of anilines is 1. The fourth-order valence-electron chi connectivity index (χ4n) is 3.01. The van der Waals surface area contributed by atoms with Crippen LogP contribution in [0.25, 0.3) is 5.70 Å². The monoisotopic (exact) mass is 365 g/mol. The van der Waals surface area contributed by atoms with Gasteiger partial charge >= 0.3 is 0 Å². The van der Waals surface area contributed by atoms with Crippen LogP contribution in [0.1, 0.15) is 11.1 Å². The van der Waals surface area contributed by atoms with E-state index in [1.54, 1.807) is 18.9 Å². The molecule has 1 amide bonds. The highest BCUT2D eigenvalue weighted by molar-refractivity contribution is 8.16. The number of hydrogen-bond acceptors (Lipinski definition) is 5. The van der Waals surface area contributed by atoms with Crippen LogP contribution >= 0.6 is 11.8 Å². The van der Waals surface area contributed by atoms with Gasteiger partial charge in [0.2, 0.25) is 5.91 Å². The lowest BCUT2D eigenvalue weighted by molar-refractivity contribution is -0.115. The molecule has 0 saturated carbocycles. The number of rotatable bonds is 5. The Morgan fingerprint density at radius 2 is 1.96 bits per heavy atom. The van der Waals surface area contributed by atoms with Gasteiger partial charge in [-0.1, -0.05) is 36.0 Å². The summed E-state index contributed by atoms with van der Waals surface area (Å²) < 4.78 is 5.13. The van der Waals surface area contributed by atoms with E-state index in [0.717, 1.165) is 40.8 Å². The smallest absolute Gasteiger partial charge is 0.228 e. The van der Waals surface area contributed by atoms with Gasteiger partial charge in [0.15, 0.2) is 5.17 Å². The molecule has 0 aromatic heterocycles. The number of nitrogens with zero attached hydrogens (tertiary/aromatic N) is 2. The van der Waals surface area contributed by atoms with Crippen molar-refractivity contribution < 1.29 is 9.53 Å². The number of methoxy groups -OCH3 is 1. The quantitative estimate of drug-likeness (QED) is 0.880. The molecule has 0 spiro atoms. The summed E-state index contributed by atoms with van der Waals surface area (Å²) in [5.74, 6) is 0.753. The van der Waals surface area contributed by atoms with Crippen LogP contribution < -0.4 is 10.1 Å². The molecular formula is C20H19N3O2S. The van der Waals surface area contributed by atoms with E-state index >= 15 is 0 Å². The highest BCUT2D eigenvalue weighted by atomic mass is 32.2. The molecule has 0 fully saturated rings. The van der Waals surface area contributed by atoms with Gasteiger partial charge in [-0.3, -0.25) is 9.79 Å². The lowest BCUT2D eigenvalue weighted by Gasteiger charge is -2.16. The third-order valence-electron chi connectivity index (χ3n) is 4.36. The van der Waals surface area contributed by atoms with E-state index in [0.29, 0.717) is 6.42 Å². The van der Waals surface area contributed by atoms with Gasteiger partial charge < -0.3 is 15.0 Å². The highest BCUT2D eigenvalue weighted by Gasteiger charge is 2.26. The number of benzene rings is 2. The molecule has 4 rings (SSSR count). The van der Waals surface area contributed by atoms with Gasteiger partial charge in [-0.05, 0) is 35.4 Å². The molecule has 2 aromatic rings. The van der Waals surface area contributed by atoms with Crippen LogP contribution in [-0.2, 0) is 11.2 Å². The summed E-state index contributed by atoms with van der Waals surface area (Å²) in [6.07, 6.45) is 0.334. The Kier molecular flexibility index (Phi) is 4.67. The van der Waals surface area contributed by atoms with Gasteiger partial charge in [0.1, 0.15) is 5.75 Å². The SMILES string of the molecule is COc1ccc(CC(=O)Nc2ccc(C3=CSC4=NCCN34)cc2)cc1. The minimum atomic E-state index is -0.0347. The second kappa shape index (κ2) is 7.25. The van der Waals surface area contributed by atoms with Crippen molar-refractivity contribution in [3.05, 3.63) is 65.1 Å². The second-order valence-corrected chi connectivity index (χ2v) is 6.92. The Bertz CT molecular complexity index is 873. The van der Waals surface area contributed by atoms with Gasteiger partial charge in [0.05, 0.1) is 25.8 Å². The minimum absolute atomic E-state index is 0.0347. The first-order valence-corrected chi connectivity index (χ1v) is 9.33. The number of amides is 1. The zero-order valence-electron chi connectivity index (χ0n) is 14.4. The van der Waals surface area contributed by atoms with Gasteiger partial charge in [-0.25, -0.2) is 0 Å². The molecule has 132 valence electrons. The zero-order chi connectivity index (χ0) is 17.9. The van der Waals surface area contributed by atoms with Crippen LogP contribution in [0.5, 0.6) is 5.75 Å². The zero-order valence-corrected chi connectivity index (χ0v) is 15.3. The summed E-state index contributed by atoms with van der Waals surface area (Å²) in [6, 6.07) is 15.5. The second-order valence-electron chi connectivity index (χ2n) is 6.09. The third-order valence-corrected chi connectivity index (χ3v) is 5.26. The lowest BCUT2D eigenvalue weighted by atomic mass is 10.1. The number of hydrogen-bond donors (Lipinski definition) is 1. The maximum atomic E-state index is 12.2. The molecule has 0 radical (unpaired) electrons. The summed E-state index contributed by atoms with van der Waals surface area (Å²) in [4.78, 5) is 19.0. The predicted octanol–water partition coefficient (Wildman–Crippen LogP) is 3.59. The molecule has 0 bridgehead atoms. The number of carbonyl (C=O) groups is 1. The van der Waals surface area contributed by atoms with Crippen molar-refractivity contribution in [2.75, 3.05) is 25.5 Å². The topological polar surface area (TPSA) is 53.9 Å². The van der Waals surface area contributed by atoms with Crippen molar-refractivity contribution in [3.63, 3.8) is 0 Å². The molecular weight excluding hydrogens is 346 g/mol. The summed E-state index contributed by atoms with van der Waals surface area (Å²) in [7, 11) is 1.63. The average molecular weight is 365 g/mol. The van der Waals surface area contributed by atoms with Crippen molar-refractivity contribution >= 4 is 34.2 Å². The summed E-state index contributed by atoms with van der Waals surface area (Å²) in [5, 5.41) is 6.17. The summed E-state index contributed by atoms with van der Waals surface area (Å²) >= 11 is 1.67. The van der Waals surface area contributed by atoms with Gasteiger partial charge in [0.25, 0.3) is 0 Å². The summed E-state index contributed by atoms with van der Waals surface area (Å²) in [5.41, 5.74) is 4.07. The highest BCUT2D eigenvalue weighted by Crippen LogP contribution is 2.35. The molecule has 0 atom stereocenters. The van der Waals surface area contributed by atoms with Crippen LogP contribution in [0.2, 0.25) is 0 Å². The van der Waals surface area contributed by atoms with Gasteiger partial charge in [-0.2, -0.15) is 0 Å². The number of ether oxygens (including phenoxy) is 1.